The van der Waals surface area contributed by atoms with E-state index in [-0.39, 0.29) is 5.69 Å². The molecule has 0 saturated heterocycles. The van der Waals surface area contributed by atoms with Crippen molar-refractivity contribution in [2.24, 2.45) is 7.05 Å². The first kappa shape index (κ1) is 11.8. The zero-order valence-electron chi connectivity index (χ0n) is 8.35. The van der Waals surface area contributed by atoms with E-state index in [0.29, 0.717) is 10.9 Å². The van der Waals surface area contributed by atoms with Crippen LogP contribution in [-0.2, 0) is 11.8 Å². The minimum atomic E-state index is -0.925. The van der Waals surface area contributed by atoms with Gasteiger partial charge < -0.3 is 10.4 Å². The van der Waals surface area contributed by atoms with Gasteiger partial charge in [0.2, 0.25) is 0 Å². The summed E-state index contributed by atoms with van der Waals surface area (Å²) in [6.45, 7) is 0. The topological polar surface area (TPSA) is 100 Å². The highest BCUT2D eigenvalue weighted by molar-refractivity contribution is 7.99. The Balaban J connectivity index is 2.60. The zero-order valence-corrected chi connectivity index (χ0v) is 9.17. The molecule has 1 unspecified atom stereocenters. The van der Waals surface area contributed by atoms with Crippen LogP contribution in [0.1, 0.15) is 0 Å². The Labute approximate surface area is 89.9 Å². The average Bonchev–Trinajstić information content (AvgIpc) is 2.49. The number of thioether (sulfide) groups is 1. The molecule has 0 aliphatic rings. The van der Waals surface area contributed by atoms with Gasteiger partial charge in [0.1, 0.15) is 6.04 Å². The number of nitrogens with zero attached hydrogens (tertiary/aromatic N) is 2. The molecule has 84 valence electrons. The second kappa shape index (κ2) is 4.99. The van der Waals surface area contributed by atoms with E-state index in [1.54, 1.807) is 14.1 Å². The van der Waals surface area contributed by atoms with Crippen LogP contribution in [-0.4, -0.2) is 44.7 Å². The van der Waals surface area contributed by atoms with Crippen molar-refractivity contribution in [3.8, 4) is 0 Å². The Morgan fingerprint density at radius 1 is 1.80 bits per heavy atom. The van der Waals surface area contributed by atoms with Gasteiger partial charge in [0.25, 0.3) is 0 Å². The fourth-order valence-corrected chi connectivity index (χ4v) is 1.91. The highest BCUT2D eigenvalue weighted by Crippen LogP contribution is 2.12. The fraction of sp³-hybridized carbons (Fsp3) is 0.571. The maximum absolute atomic E-state index is 11.0. The van der Waals surface area contributed by atoms with Crippen LogP contribution in [0.15, 0.2) is 9.95 Å². The molecule has 8 heteroatoms. The summed E-state index contributed by atoms with van der Waals surface area (Å²) in [7, 11) is 3.15. The molecule has 0 fully saturated rings. The number of aromatic nitrogens is 3. The number of aromatic amines is 1. The van der Waals surface area contributed by atoms with E-state index in [9.17, 15) is 9.59 Å². The van der Waals surface area contributed by atoms with Crippen LogP contribution in [0.4, 0.5) is 0 Å². The predicted octanol–water partition coefficient (Wildman–Crippen LogP) is -1.13. The van der Waals surface area contributed by atoms with Crippen LogP contribution in [0.2, 0.25) is 0 Å². The summed E-state index contributed by atoms with van der Waals surface area (Å²) in [4.78, 5) is 21.7. The molecule has 0 aliphatic heterocycles. The summed E-state index contributed by atoms with van der Waals surface area (Å²) in [6, 6.07) is -0.651. The van der Waals surface area contributed by atoms with Crippen molar-refractivity contribution in [3.05, 3.63) is 10.5 Å². The number of aliphatic carboxylic acids is 1. The lowest BCUT2D eigenvalue weighted by Gasteiger charge is -2.09. The molecule has 0 spiro atoms. The van der Waals surface area contributed by atoms with E-state index in [2.05, 4.69) is 15.5 Å². The number of likely N-dealkylation sites (N-methyl/N-ethyl adjacent to an activating group) is 1. The van der Waals surface area contributed by atoms with Crippen LogP contribution in [0.5, 0.6) is 0 Å². The molecule has 0 bridgehead atoms. The van der Waals surface area contributed by atoms with Crippen molar-refractivity contribution in [1.29, 1.82) is 0 Å². The molecule has 0 aliphatic carbocycles. The average molecular weight is 232 g/mol. The molecule has 1 aromatic heterocycles. The third-order valence-electron chi connectivity index (χ3n) is 1.86. The lowest BCUT2D eigenvalue weighted by Crippen LogP contribution is -2.36. The van der Waals surface area contributed by atoms with Gasteiger partial charge in [-0.2, -0.15) is 0 Å². The zero-order chi connectivity index (χ0) is 11.4. The molecule has 7 nitrogen and oxygen atoms in total. The number of H-pyrrole nitrogens is 1. The number of rotatable bonds is 5. The van der Waals surface area contributed by atoms with Gasteiger partial charge in [0.15, 0.2) is 5.16 Å². The molecule has 3 N–H and O–H groups in total. The maximum atomic E-state index is 11.0. The molecule has 1 heterocycles. The van der Waals surface area contributed by atoms with Crippen LogP contribution in [0.3, 0.4) is 0 Å². The van der Waals surface area contributed by atoms with Crippen molar-refractivity contribution < 1.29 is 9.90 Å². The molecule has 0 radical (unpaired) electrons. The maximum Gasteiger partial charge on any atom is 0.343 e. The normalized spacial score (nSPS) is 12.7. The van der Waals surface area contributed by atoms with Gasteiger partial charge >= 0.3 is 11.7 Å². The molecular weight excluding hydrogens is 220 g/mol. The van der Waals surface area contributed by atoms with E-state index >= 15 is 0 Å². The largest absolute Gasteiger partial charge is 0.480 e. The van der Waals surface area contributed by atoms with Crippen LogP contribution < -0.4 is 11.0 Å². The van der Waals surface area contributed by atoms with E-state index in [1.807, 2.05) is 0 Å². The van der Waals surface area contributed by atoms with Crippen LogP contribution in [0.25, 0.3) is 0 Å². The standard InChI is InChI=1S/C7H12N4O3S/c1-8-4(5(12)13)3-15-7-10-9-6(14)11(7)2/h4,8H,3H2,1-2H3,(H,9,14)(H,12,13). The lowest BCUT2D eigenvalue weighted by atomic mass is 10.3. The lowest BCUT2D eigenvalue weighted by molar-refractivity contribution is -0.138. The van der Waals surface area contributed by atoms with Gasteiger partial charge in [0, 0.05) is 12.8 Å². The summed E-state index contributed by atoms with van der Waals surface area (Å²) in [5, 5.41) is 17.9. The minimum Gasteiger partial charge on any atom is -0.480 e. The molecule has 1 atom stereocenters. The summed E-state index contributed by atoms with van der Waals surface area (Å²) in [6.07, 6.45) is 0. The Hall–Kier alpha value is -1.28. The third kappa shape index (κ3) is 2.83. The summed E-state index contributed by atoms with van der Waals surface area (Å²) in [5.74, 6) is -0.616. The Morgan fingerprint density at radius 2 is 2.47 bits per heavy atom. The molecular formula is C7H12N4O3S. The Morgan fingerprint density at radius 3 is 2.87 bits per heavy atom. The SMILES string of the molecule is CNC(CSc1n[nH]c(=O)n1C)C(=O)O. The fourth-order valence-electron chi connectivity index (χ4n) is 0.898. The molecule has 0 amide bonds. The van der Waals surface area contributed by atoms with E-state index in [1.165, 1.54) is 16.3 Å². The van der Waals surface area contributed by atoms with Crippen LogP contribution in [0, 0.1) is 0 Å². The monoisotopic (exact) mass is 232 g/mol. The first-order chi connectivity index (χ1) is 7.06. The second-order valence-corrected chi connectivity index (χ2v) is 3.85. The van der Waals surface area contributed by atoms with Gasteiger partial charge in [-0.05, 0) is 7.05 Å². The Kier molecular flexibility index (Phi) is 3.92. The smallest absolute Gasteiger partial charge is 0.343 e. The summed E-state index contributed by atoms with van der Waals surface area (Å²) < 4.78 is 1.33. The highest BCUT2D eigenvalue weighted by atomic mass is 32.2. The Bertz CT molecular complexity index is 399. The number of carbonyl (C=O) groups is 1. The van der Waals surface area contributed by atoms with Gasteiger partial charge in [-0.25, -0.2) is 9.89 Å². The number of nitrogens with one attached hydrogen (secondary N) is 2. The minimum absolute atomic E-state index is 0.309. The quantitative estimate of drug-likeness (QED) is 0.556. The highest BCUT2D eigenvalue weighted by Gasteiger charge is 2.16. The van der Waals surface area contributed by atoms with Crippen molar-refractivity contribution in [3.63, 3.8) is 0 Å². The van der Waals surface area contributed by atoms with Gasteiger partial charge in [-0.15, -0.1) is 5.10 Å². The van der Waals surface area contributed by atoms with Crippen molar-refractivity contribution in [2.45, 2.75) is 11.2 Å². The molecule has 1 aromatic rings. The molecule has 0 aromatic carbocycles. The summed E-state index contributed by atoms with van der Waals surface area (Å²) in [5.41, 5.74) is -0.311. The van der Waals surface area contributed by atoms with E-state index < -0.39 is 12.0 Å². The number of hydrogen-bond donors (Lipinski definition) is 3. The third-order valence-corrected chi connectivity index (χ3v) is 2.99. The van der Waals surface area contributed by atoms with E-state index in [0.717, 1.165) is 0 Å². The molecule has 15 heavy (non-hydrogen) atoms. The molecule has 0 saturated carbocycles. The number of carboxylic acids is 1. The second-order valence-electron chi connectivity index (χ2n) is 2.86. The number of carboxylic acid groups (broad SMARTS) is 1. The summed E-state index contributed by atoms with van der Waals surface area (Å²) >= 11 is 1.21. The van der Waals surface area contributed by atoms with Crippen molar-refractivity contribution >= 4 is 17.7 Å². The van der Waals surface area contributed by atoms with Gasteiger partial charge in [-0.3, -0.25) is 9.36 Å². The first-order valence-electron chi connectivity index (χ1n) is 4.20. The van der Waals surface area contributed by atoms with Gasteiger partial charge in [-0.1, -0.05) is 11.8 Å². The van der Waals surface area contributed by atoms with E-state index in [4.69, 9.17) is 5.11 Å². The first-order valence-corrected chi connectivity index (χ1v) is 5.19. The van der Waals surface area contributed by atoms with Crippen molar-refractivity contribution in [1.82, 2.24) is 20.1 Å². The molecule has 1 rings (SSSR count). The number of hydrogen-bond acceptors (Lipinski definition) is 5. The van der Waals surface area contributed by atoms with Crippen LogP contribution >= 0.6 is 11.8 Å². The van der Waals surface area contributed by atoms with Gasteiger partial charge in [0.05, 0.1) is 0 Å². The van der Waals surface area contributed by atoms with Crippen molar-refractivity contribution in [2.75, 3.05) is 12.8 Å². The predicted molar refractivity (Wildman–Crippen MR) is 55.0 cm³/mol.